The van der Waals surface area contributed by atoms with Crippen LogP contribution in [0.3, 0.4) is 0 Å². The Hall–Kier alpha value is -3.40. The summed E-state index contributed by atoms with van der Waals surface area (Å²) < 4.78 is 42.6. The van der Waals surface area contributed by atoms with E-state index in [1.54, 1.807) is 16.8 Å². The number of amides is 1. The normalized spacial score (nSPS) is 18.4. The number of hydrogen-bond donors (Lipinski definition) is 1. The van der Waals surface area contributed by atoms with Gasteiger partial charge in [-0.15, -0.1) is 11.8 Å². The molecule has 0 radical (unpaired) electrons. The van der Waals surface area contributed by atoms with E-state index < -0.39 is 47.7 Å². The predicted molar refractivity (Wildman–Crippen MR) is 126 cm³/mol. The second-order valence-electron chi connectivity index (χ2n) is 8.73. The van der Waals surface area contributed by atoms with Crippen LogP contribution >= 0.6 is 11.8 Å². The zero-order valence-corrected chi connectivity index (χ0v) is 19.7. The number of rotatable bonds is 2. The maximum Gasteiger partial charge on any atom is 0.408 e. The van der Waals surface area contributed by atoms with Crippen LogP contribution in [0.5, 0.6) is 5.75 Å². The highest BCUT2D eigenvalue weighted by molar-refractivity contribution is 7.98. The number of pyridine rings is 1. The molecule has 10 heteroatoms. The Morgan fingerprint density at radius 3 is 2.57 bits per heavy atom. The summed E-state index contributed by atoms with van der Waals surface area (Å²) in [4.78, 5) is 27.0. The Balaban J connectivity index is 1.78. The minimum absolute atomic E-state index is 0.397. The summed E-state index contributed by atoms with van der Waals surface area (Å²) in [7, 11) is 0. The van der Waals surface area contributed by atoms with Gasteiger partial charge >= 0.3 is 6.18 Å². The van der Waals surface area contributed by atoms with E-state index >= 15 is 0 Å². The molecular weight excluding hydrogens is 479 g/mol. The minimum Gasteiger partial charge on any atom is -0.502 e. The van der Waals surface area contributed by atoms with Crippen molar-refractivity contribution in [1.29, 1.82) is 0 Å². The molecule has 2 aliphatic heterocycles. The van der Waals surface area contributed by atoms with Crippen LogP contribution in [0, 0.1) is 6.92 Å². The first-order chi connectivity index (χ1) is 16.6. The van der Waals surface area contributed by atoms with Crippen LogP contribution in [-0.2, 0) is 5.75 Å². The molecule has 0 spiro atoms. The van der Waals surface area contributed by atoms with Crippen LogP contribution in [0.15, 0.2) is 64.4 Å². The molecule has 1 unspecified atom stereocenters. The molecule has 2 aliphatic rings. The van der Waals surface area contributed by atoms with Gasteiger partial charge in [-0.2, -0.15) is 13.2 Å². The average Bonchev–Trinajstić information content (AvgIpc) is 2.97. The van der Waals surface area contributed by atoms with Gasteiger partial charge in [-0.1, -0.05) is 42.0 Å². The second-order valence-corrected chi connectivity index (χ2v) is 9.74. The molecule has 3 heterocycles. The predicted octanol–water partition coefficient (Wildman–Crippen LogP) is 4.56. The summed E-state index contributed by atoms with van der Waals surface area (Å²) in [6.45, 7) is 2.48. The topological polar surface area (TPSA) is 65.8 Å². The lowest BCUT2D eigenvalue weighted by atomic mass is 9.93. The van der Waals surface area contributed by atoms with Gasteiger partial charge in [0.15, 0.2) is 11.4 Å². The van der Waals surface area contributed by atoms with E-state index in [1.807, 2.05) is 43.3 Å². The van der Waals surface area contributed by atoms with Crippen LogP contribution in [0.25, 0.3) is 0 Å². The summed E-state index contributed by atoms with van der Waals surface area (Å²) in [6.07, 6.45) is -3.36. The quantitative estimate of drug-likeness (QED) is 0.558. The van der Waals surface area contributed by atoms with Gasteiger partial charge in [0.05, 0.1) is 6.04 Å². The van der Waals surface area contributed by atoms with Gasteiger partial charge in [0, 0.05) is 22.9 Å². The van der Waals surface area contributed by atoms with Crippen molar-refractivity contribution in [3.63, 3.8) is 0 Å². The number of alkyl halides is 3. The van der Waals surface area contributed by atoms with Crippen molar-refractivity contribution in [2.24, 2.45) is 0 Å². The third-order valence-electron chi connectivity index (χ3n) is 6.52. The first-order valence-corrected chi connectivity index (χ1v) is 12.0. The van der Waals surface area contributed by atoms with Gasteiger partial charge in [0.1, 0.15) is 12.7 Å². The van der Waals surface area contributed by atoms with E-state index in [0.29, 0.717) is 10.7 Å². The molecule has 5 rings (SSSR count). The average molecular weight is 502 g/mol. The van der Waals surface area contributed by atoms with Crippen LogP contribution in [0.4, 0.5) is 13.2 Å². The molecule has 1 aromatic heterocycles. The first-order valence-electron chi connectivity index (χ1n) is 11.0. The lowest BCUT2D eigenvalue weighted by Crippen LogP contribution is -2.60. The summed E-state index contributed by atoms with van der Waals surface area (Å²) in [5.41, 5.74) is 2.50. The number of aromatic hydroxyl groups is 1. The van der Waals surface area contributed by atoms with Crippen molar-refractivity contribution < 1.29 is 23.1 Å². The smallest absolute Gasteiger partial charge is 0.408 e. The molecule has 0 fully saturated rings. The van der Waals surface area contributed by atoms with Gasteiger partial charge in [-0.25, -0.2) is 0 Å². The number of halogens is 3. The van der Waals surface area contributed by atoms with Gasteiger partial charge in [-0.3, -0.25) is 19.3 Å². The molecule has 0 bridgehead atoms. The molecular formula is C25H22F3N3O3S. The first kappa shape index (κ1) is 23.3. The van der Waals surface area contributed by atoms with Crippen molar-refractivity contribution in [3.8, 4) is 5.75 Å². The fourth-order valence-electron chi connectivity index (χ4n) is 4.64. The van der Waals surface area contributed by atoms with Gasteiger partial charge in [0.25, 0.3) is 5.91 Å². The molecule has 1 amide bonds. The van der Waals surface area contributed by atoms with Crippen LogP contribution < -0.4 is 10.4 Å². The van der Waals surface area contributed by atoms with E-state index in [9.17, 15) is 27.9 Å². The highest BCUT2D eigenvalue weighted by atomic mass is 32.2. The summed E-state index contributed by atoms with van der Waals surface area (Å²) in [5.74, 6) is -1.26. The van der Waals surface area contributed by atoms with Gasteiger partial charge in [-0.05, 0) is 36.6 Å². The lowest BCUT2D eigenvalue weighted by Gasteiger charge is -2.46. The highest BCUT2D eigenvalue weighted by Gasteiger charge is 2.47. The summed E-state index contributed by atoms with van der Waals surface area (Å²) in [5, 5.41) is 12.1. The minimum atomic E-state index is -4.69. The van der Waals surface area contributed by atoms with Crippen LogP contribution in [-0.4, -0.2) is 39.5 Å². The molecule has 182 valence electrons. The number of thioether (sulfide) groups is 1. The Morgan fingerprint density at radius 1 is 1.09 bits per heavy atom. The van der Waals surface area contributed by atoms with Crippen molar-refractivity contribution in [1.82, 2.24) is 9.58 Å². The SMILES string of the molecule is Cc1ccc2c(c1)CSc1ccccc1[C@@H]2N1CN(C(C)C(F)(F)F)C(=O)c2c(O)c(=O)ccn21. The Labute approximate surface area is 203 Å². The summed E-state index contributed by atoms with van der Waals surface area (Å²) in [6, 6.07) is 12.0. The van der Waals surface area contributed by atoms with E-state index in [-0.39, 0.29) is 0 Å². The third kappa shape index (κ3) is 3.85. The van der Waals surface area contributed by atoms with Crippen molar-refractivity contribution in [2.45, 2.75) is 42.8 Å². The largest absolute Gasteiger partial charge is 0.502 e. The fraction of sp³-hybridized carbons (Fsp3) is 0.280. The number of hydrogen-bond acceptors (Lipinski definition) is 5. The molecule has 0 saturated carbocycles. The lowest BCUT2D eigenvalue weighted by molar-refractivity contribution is -0.173. The highest BCUT2D eigenvalue weighted by Crippen LogP contribution is 2.43. The van der Waals surface area contributed by atoms with Crippen LogP contribution in [0.2, 0.25) is 0 Å². The number of fused-ring (bicyclic) bond motifs is 3. The Morgan fingerprint density at radius 2 is 1.83 bits per heavy atom. The zero-order valence-electron chi connectivity index (χ0n) is 18.9. The molecule has 3 aromatic rings. The number of carbonyl (C=O) groups is 1. The van der Waals surface area contributed by atoms with E-state index in [1.165, 1.54) is 10.9 Å². The van der Waals surface area contributed by atoms with E-state index in [0.717, 1.165) is 40.1 Å². The molecule has 2 atom stereocenters. The molecule has 6 nitrogen and oxygen atoms in total. The molecule has 35 heavy (non-hydrogen) atoms. The Bertz CT molecular complexity index is 1390. The standard InChI is InChI=1S/C25H22F3N3O3S/c1-14-7-8-17-16(11-14)12-35-20-6-4-3-5-18(20)21(17)31-13-29(15(2)25(26,27)28)24(34)22-23(33)19(32)9-10-30(22)31/h3-11,15,21,33H,12-13H2,1-2H3/t15?,21-/m1/s1. The molecule has 0 aliphatic carbocycles. The Kier molecular flexibility index (Phi) is 5.58. The monoisotopic (exact) mass is 501 g/mol. The number of aryl methyl sites for hydroxylation is 1. The van der Waals surface area contributed by atoms with Crippen molar-refractivity contribution >= 4 is 17.7 Å². The second kappa shape index (κ2) is 8.37. The van der Waals surface area contributed by atoms with Gasteiger partial charge < -0.3 is 10.0 Å². The third-order valence-corrected chi connectivity index (χ3v) is 7.66. The summed E-state index contributed by atoms with van der Waals surface area (Å²) >= 11 is 1.63. The van der Waals surface area contributed by atoms with Crippen LogP contribution in [0.1, 0.15) is 45.7 Å². The maximum atomic E-state index is 13.8. The maximum absolute atomic E-state index is 13.8. The van der Waals surface area contributed by atoms with Crippen molar-refractivity contribution in [2.75, 3.05) is 11.7 Å². The van der Waals surface area contributed by atoms with Gasteiger partial charge in [0.2, 0.25) is 5.43 Å². The number of nitrogens with zero attached hydrogens (tertiary/aromatic N) is 3. The molecule has 2 aromatic carbocycles. The molecule has 0 saturated heterocycles. The molecule has 1 N–H and O–H groups in total. The number of aromatic nitrogens is 1. The van der Waals surface area contributed by atoms with E-state index in [4.69, 9.17) is 0 Å². The van der Waals surface area contributed by atoms with E-state index in [2.05, 4.69) is 6.07 Å². The number of benzene rings is 2. The van der Waals surface area contributed by atoms with Crippen molar-refractivity contribution in [3.05, 3.63) is 92.9 Å². The fourth-order valence-corrected chi connectivity index (χ4v) is 5.73. The zero-order chi connectivity index (χ0) is 25.1. The number of carbonyl (C=O) groups excluding carboxylic acids is 1.